The molecule has 3 nitrogen and oxygen atoms in total. The zero-order chi connectivity index (χ0) is 33.5. The minimum Gasteiger partial charge on any atom is -0.208 e. The van der Waals surface area contributed by atoms with Gasteiger partial charge in [-0.1, -0.05) is 200 Å². The van der Waals surface area contributed by atoms with Crippen LogP contribution in [-0.2, 0) is 0 Å². The standard InChI is InChI=1S/C47H33N3/c1-6-16-36(17-7-1)43(37-18-8-2-9-19-37)44(38-20-10-3-11-21-38)39-30-26-34(27-31-39)35-28-32-42(33-29-35)47-49-45(40-22-12-4-13-23-40)48-46(50-47)41-24-14-5-15-25-41/h1-33H. The summed E-state index contributed by atoms with van der Waals surface area (Å²) in [7, 11) is 0. The summed E-state index contributed by atoms with van der Waals surface area (Å²) < 4.78 is 0. The molecule has 0 N–H and O–H groups in total. The molecule has 0 fully saturated rings. The van der Waals surface area contributed by atoms with Gasteiger partial charge in [0.15, 0.2) is 17.5 Å². The highest BCUT2D eigenvalue weighted by Gasteiger charge is 2.17. The van der Waals surface area contributed by atoms with Crippen molar-refractivity contribution in [3.8, 4) is 45.3 Å². The van der Waals surface area contributed by atoms with Crippen molar-refractivity contribution in [2.75, 3.05) is 0 Å². The summed E-state index contributed by atoms with van der Waals surface area (Å²) in [6.07, 6.45) is 0. The van der Waals surface area contributed by atoms with Crippen LogP contribution in [0.5, 0.6) is 0 Å². The highest BCUT2D eigenvalue weighted by molar-refractivity contribution is 6.04. The Morgan fingerprint density at radius 1 is 0.220 bits per heavy atom. The second-order valence-electron chi connectivity index (χ2n) is 12.0. The monoisotopic (exact) mass is 639 g/mol. The lowest BCUT2D eigenvalue weighted by atomic mass is 9.85. The van der Waals surface area contributed by atoms with Crippen LogP contribution in [0.3, 0.4) is 0 Å². The Hall–Kier alpha value is -6.71. The molecule has 0 aliphatic rings. The first-order chi connectivity index (χ1) is 24.8. The Morgan fingerprint density at radius 2 is 0.460 bits per heavy atom. The smallest absolute Gasteiger partial charge is 0.164 e. The minimum atomic E-state index is 0.645. The van der Waals surface area contributed by atoms with Crippen LogP contribution in [0.4, 0.5) is 0 Å². The van der Waals surface area contributed by atoms with E-state index in [0.717, 1.165) is 33.4 Å². The highest BCUT2D eigenvalue weighted by atomic mass is 15.0. The molecule has 3 heteroatoms. The molecule has 0 aliphatic carbocycles. The van der Waals surface area contributed by atoms with Crippen molar-refractivity contribution in [2.45, 2.75) is 0 Å². The van der Waals surface area contributed by atoms with Gasteiger partial charge in [-0.3, -0.25) is 0 Å². The number of nitrogens with zero attached hydrogens (tertiary/aromatic N) is 3. The average Bonchev–Trinajstić information content (AvgIpc) is 3.21. The molecule has 0 spiro atoms. The minimum absolute atomic E-state index is 0.645. The number of hydrogen-bond acceptors (Lipinski definition) is 3. The summed E-state index contributed by atoms with van der Waals surface area (Å²) in [6, 6.07) is 69.5. The molecule has 0 unspecified atom stereocenters. The van der Waals surface area contributed by atoms with E-state index in [1.54, 1.807) is 0 Å². The van der Waals surface area contributed by atoms with Crippen LogP contribution in [0.15, 0.2) is 200 Å². The van der Waals surface area contributed by atoms with Crippen LogP contribution in [0.1, 0.15) is 22.3 Å². The fourth-order valence-electron chi connectivity index (χ4n) is 6.30. The van der Waals surface area contributed by atoms with E-state index >= 15 is 0 Å². The van der Waals surface area contributed by atoms with E-state index in [1.165, 1.54) is 27.8 Å². The van der Waals surface area contributed by atoms with Gasteiger partial charge in [0.1, 0.15) is 0 Å². The molecule has 7 aromatic carbocycles. The van der Waals surface area contributed by atoms with Gasteiger partial charge in [-0.25, -0.2) is 15.0 Å². The van der Waals surface area contributed by atoms with Crippen molar-refractivity contribution in [1.29, 1.82) is 0 Å². The Kier molecular flexibility index (Phi) is 8.69. The molecule has 0 bridgehead atoms. The maximum atomic E-state index is 4.90. The molecule has 0 amide bonds. The Labute approximate surface area is 293 Å². The van der Waals surface area contributed by atoms with Crippen molar-refractivity contribution in [1.82, 2.24) is 15.0 Å². The van der Waals surface area contributed by atoms with Gasteiger partial charge in [-0.05, 0) is 44.5 Å². The topological polar surface area (TPSA) is 38.7 Å². The third-order valence-corrected chi connectivity index (χ3v) is 8.79. The summed E-state index contributed by atoms with van der Waals surface area (Å²) in [5.74, 6) is 1.95. The lowest BCUT2D eigenvalue weighted by molar-refractivity contribution is 1.07. The fourth-order valence-corrected chi connectivity index (χ4v) is 6.30. The number of rotatable bonds is 8. The molecule has 0 saturated carbocycles. The third-order valence-electron chi connectivity index (χ3n) is 8.79. The van der Waals surface area contributed by atoms with E-state index in [4.69, 9.17) is 15.0 Å². The summed E-state index contributed by atoms with van der Waals surface area (Å²) in [4.78, 5) is 14.6. The van der Waals surface area contributed by atoms with Gasteiger partial charge in [-0.15, -0.1) is 0 Å². The van der Waals surface area contributed by atoms with Crippen molar-refractivity contribution in [3.05, 3.63) is 222 Å². The zero-order valence-electron chi connectivity index (χ0n) is 27.4. The second-order valence-corrected chi connectivity index (χ2v) is 12.0. The largest absolute Gasteiger partial charge is 0.208 e. The van der Waals surface area contributed by atoms with Crippen LogP contribution in [0, 0.1) is 0 Å². The first-order valence-electron chi connectivity index (χ1n) is 16.8. The first-order valence-corrected chi connectivity index (χ1v) is 16.8. The molecule has 0 atom stereocenters. The quantitative estimate of drug-likeness (QED) is 0.155. The van der Waals surface area contributed by atoms with Gasteiger partial charge < -0.3 is 0 Å². The first kappa shape index (κ1) is 30.6. The molecule has 1 heterocycles. The van der Waals surface area contributed by atoms with E-state index in [-0.39, 0.29) is 0 Å². The number of hydrogen-bond donors (Lipinski definition) is 0. The van der Waals surface area contributed by atoms with Crippen LogP contribution < -0.4 is 0 Å². The molecule has 50 heavy (non-hydrogen) atoms. The Balaban J connectivity index is 1.17. The van der Waals surface area contributed by atoms with Crippen LogP contribution in [0.2, 0.25) is 0 Å². The maximum Gasteiger partial charge on any atom is 0.164 e. The highest BCUT2D eigenvalue weighted by Crippen LogP contribution is 2.37. The van der Waals surface area contributed by atoms with Crippen molar-refractivity contribution < 1.29 is 0 Å². The molecule has 8 aromatic rings. The van der Waals surface area contributed by atoms with Crippen LogP contribution in [0.25, 0.3) is 56.4 Å². The Morgan fingerprint density at radius 3 is 0.800 bits per heavy atom. The zero-order valence-corrected chi connectivity index (χ0v) is 27.4. The number of aromatic nitrogens is 3. The third kappa shape index (κ3) is 6.53. The molecule has 0 aliphatic heterocycles. The predicted molar refractivity (Wildman–Crippen MR) is 206 cm³/mol. The van der Waals surface area contributed by atoms with Gasteiger partial charge in [0, 0.05) is 16.7 Å². The molecule has 236 valence electrons. The van der Waals surface area contributed by atoms with Gasteiger partial charge in [-0.2, -0.15) is 0 Å². The average molecular weight is 640 g/mol. The molecule has 8 rings (SSSR count). The molecule has 1 aromatic heterocycles. The van der Waals surface area contributed by atoms with Crippen molar-refractivity contribution >= 4 is 11.1 Å². The van der Waals surface area contributed by atoms with Gasteiger partial charge in [0.05, 0.1) is 0 Å². The predicted octanol–water partition coefficient (Wildman–Crippen LogP) is 11.5. The normalized spacial score (nSPS) is 10.8. The fraction of sp³-hybridized carbons (Fsp3) is 0. The maximum absolute atomic E-state index is 4.90. The van der Waals surface area contributed by atoms with E-state index in [9.17, 15) is 0 Å². The molecular formula is C47H33N3. The lowest BCUT2D eigenvalue weighted by Crippen LogP contribution is -2.00. The van der Waals surface area contributed by atoms with Crippen molar-refractivity contribution in [2.24, 2.45) is 0 Å². The van der Waals surface area contributed by atoms with Crippen LogP contribution >= 0.6 is 0 Å². The van der Waals surface area contributed by atoms with E-state index < -0.39 is 0 Å². The summed E-state index contributed by atoms with van der Waals surface area (Å²) in [5.41, 5.74) is 12.2. The van der Waals surface area contributed by atoms with Crippen molar-refractivity contribution in [3.63, 3.8) is 0 Å². The number of benzene rings is 7. The molecular weight excluding hydrogens is 607 g/mol. The SMILES string of the molecule is c1ccc(C(=C(c2ccccc2)c2ccc(-c3ccc(-c4nc(-c5ccccc5)nc(-c5ccccc5)n4)cc3)cc2)c2ccccc2)cc1. The summed E-state index contributed by atoms with van der Waals surface area (Å²) >= 11 is 0. The molecule has 0 radical (unpaired) electrons. The van der Waals surface area contributed by atoms with Gasteiger partial charge in [0.25, 0.3) is 0 Å². The molecule has 0 saturated heterocycles. The van der Waals surface area contributed by atoms with Crippen LogP contribution in [-0.4, -0.2) is 15.0 Å². The Bertz CT molecular complexity index is 2250. The van der Waals surface area contributed by atoms with E-state index in [0.29, 0.717) is 17.5 Å². The van der Waals surface area contributed by atoms with E-state index in [2.05, 4.69) is 140 Å². The second kappa shape index (κ2) is 14.2. The summed E-state index contributed by atoms with van der Waals surface area (Å²) in [6.45, 7) is 0. The summed E-state index contributed by atoms with van der Waals surface area (Å²) in [5, 5.41) is 0. The van der Waals surface area contributed by atoms with Gasteiger partial charge in [0.2, 0.25) is 0 Å². The van der Waals surface area contributed by atoms with E-state index in [1.807, 2.05) is 60.7 Å². The van der Waals surface area contributed by atoms with Gasteiger partial charge >= 0.3 is 0 Å². The lowest BCUT2D eigenvalue weighted by Gasteiger charge is -2.18.